The summed E-state index contributed by atoms with van der Waals surface area (Å²) in [5, 5.41) is 0. The number of rotatable bonds is 2. The first-order chi connectivity index (χ1) is 12.0. The normalized spacial score (nSPS) is 12.2. The van der Waals surface area contributed by atoms with Gasteiger partial charge in [0.2, 0.25) is 5.95 Å². The molecule has 0 spiro atoms. The minimum absolute atomic E-state index is 0.451. The van der Waals surface area contributed by atoms with E-state index in [9.17, 15) is 4.39 Å². The van der Waals surface area contributed by atoms with Crippen LogP contribution in [0.4, 0.5) is 10.2 Å². The van der Waals surface area contributed by atoms with E-state index >= 15 is 0 Å². The summed E-state index contributed by atoms with van der Waals surface area (Å²) in [4.78, 5) is 10.0. The second-order valence-corrected chi connectivity index (χ2v) is 6.07. The van der Waals surface area contributed by atoms with Crippen molar-refractivity contribution in [2.24, 2.45) is 0 Å². The number of hydrogen-bond donors (Lipinski definition) is 0. The van der Waals surface area contributed by atoms with E-state index in [0.717, 1.165) is 28.1 Å². The van der Waals surface area contributed by atoms with E-state index in [1.807, 2.05) is 43.3 Å². The van der Waals surface area contributed by atoms with Crippen molar-refractivity contribution < 1.29 is 9.13 Å². The van der Waals surface area contributed by atoms with E-state index in [0.29, 0.717) is 17.1 Å². The molecule has 25 heavy (non-hydrogen) atoms. The van der Waals surface area contributed by atoms with Gasteiger partial charge in [-0.3, -0.25) is 0 Å². The Hall–Kier alpha value is -3.21. The highest BCUT2D eigenvalue weighted by atomic mass is 19.1. The van der Waals surface area contributed by atoms with Crippen LogP contribution >= 0.6 is 0 Å². The molecule has 1 aliphatic rings. The first-order valence-electron chi connectivity index (χ1n) is 7.84. The number of aromatic nitrogens is 2. The average molecular weight is 333 g/mol. The van der Waals surface area contributed by atoms with Crippen molar-refractivity contribution in [1.29, 1.82) is 0 Å². The lowest BCUT2D eigenvalue weighted by Gasteiger charge is -2.24. The van der Waals surface area contributed by atoms with Gasteiger partial charge in [0.25, 0.3) is 0 Å². The molecule has 0 aliphatic carbocycles. The number of hydrogen-bond acceptors (Lipinski definition) is 4. The van der Waals surface area contributed by atoms with Crippen LogP contribution in [0, 0.1) is 5.95 Å². The second kappa shape index (κ2) is 5.70. The fraction of sp³-hybridized carbons (Fsp3) is 0.100. The first-order valence-corrected chi connectivity index (χ1v) is 7.84. The fourth-order valence-corrected chi connectivity index (χ4v) is 2.88. The Bertz CT molecular complexity index is 998. The lowest BCUT2D eigenvalue weighted by molar-refractivity contribution is 0.472. The van der Waals surface area contributed by atoms with E-state index in [2.05, 4.69) is 16.5 Å². The summed E-state index contributed by atoms with van der Waals surface area (Å²) in [5.74, 6) is 1.68. The SMILES string of the molecule is C=C1c2cc(-c3cccnc3F)ccc2Oc2cnc(N(C)C)cc21. The molecule has 0 radical (unpaired) electrons. The molecule has 5 heteroatoms. The molecule has 1 aliphatic heterocycles. The molecule has 3 heterocycles. The van der Waals surface area contributed by atoms with Crippen LogP contribution in [0.15, 0.2) is 55.4 Å². The Labute approximate surface area is 145 Å². The lowest BCUT2D eigenvalue weighted by Crippen LogP contribution is -2.12. The zero-order valence-electron chi connectivity index (χ0n) is 14.0. The second-order valence-electron chi connectivity index (χ2n) is 6.07. The summed E-state index contributed by atoms with van der Waals surface area (Å²) < 4.78 is 20.0. The molecule has 1 aromatic carbocycles. The van der Waals surface area contributed by atoms with Gasteiger partial charge in [0.1, 0.15) is 11.6 Å². The standard InChI is InChI=1S/C20H16FN3O/c1-12-15-9-13(14-5-4-8-22-20(14)21)6-7-17(15)25-18-11-23-19(24(2)3)10-16(12)18/h4-11H,1H2,2-3H3. The molecule has 0 saturated carbocycles. The van der Waals surface area contributed by atoms with Crippen LogP contribution in [-0.2, 0) is 0 Å². The number of pyridine rings is 2. The van der Waals surface area contributed by atoms with E-state index in [-0.39, 0.29) is 0 Å². The summed E-state index contributed by atoms with van der Waals surface area (Å²) in [6, 6.07) is 10.9. The van der Waals surface area contributed by atoms with Crippen LogP contribution in [0.25, 0.3) is 16.7 Å². The van der Waals surface area contributed by atoms with Gasteiger partial charge in [-0.1, -0.05) is 12.6 Å². The zero-order chi connectivity index (χ0) is 17.6. The summed E-state index contributed by atoms with van der Waals surface area (Å²) in [5.41, 5.74) is 3.74. The molecule has 0 saturated heterocycles. The summed E-state index contributed by atoms with van der Waals surface area (Å²) in [7, 11) is 3.86. The Morgan fingerprint density at radius 3 is 2.56 bits per heavy atom. The molecule has 4 rings (SSSR count). The molecule has 0 unspecified atom stereocenters. The molecule has 0 amide bonds. The van der Waals surface area contributed by atoms with Crippen molar-refractivity contribution in [3.63, 3.8) is 0 Å². The van der Waals surface area contributed by atoms with Crippen molar-refractivity contribution in [2.45, 2.75) is 0 Å². The van der Waals surface area contributed by atoms with Gasteiger partial charge in [-0.15, -0.1) is 0 Å². The van der Waals surface area contributed by atoms with Crippen LogP contribution in [0.1, 0.15) is 11.1 Å². The molecule has 0 atom stereocenters. The number of ether oxygens (including phenoxy) is 1. The molecule has 4 nitrogen and oxygen atoms in total. The number of anilines is 1. The van der Waals surface area contributed by atoms with E-state index in [1.54, 1.807) is 18.3 Å². The number of benzene rings is 1. The van der Waals surface area contributed by atoms with Crippen LogP contribution in [0.3, 0.4) is 0 Å². The molecular weight excluding hydrogens is 317 g/mol. The van der Waals surface area contributed by atoms with Gasteiger partial charge in [0, 0.05) is 37.0 Å². The van der Waals surface area contributed by atoms with Crippen LogP contribution in [-0.4, -0.2) is 24.1 Å². The highest BCUT2D eigenvalue weighted by molar-refractivity contribution is 5.89. The predicted molar refractivity (Wildman–Crippen MR) is 96.4 cm³/mol. The van der Waals surface area contributed by atoms with Crippen molar-refractivity contribution in [3.8, 4) is 22.6 Å². The van der Waals surface area contributed by atoms with Gasteiger partial charge in [0.05, 0.1) is 6.20 Å². The first kappa shape index (κ1) is 15.3. The lowest BCUT2D eigenvalue weighted by atomic mass is 9.93. The summed E-state index contributed by atoms with van der Waals surface area (Å²) in [6.07, 6.45) is 3.14. The zero-order valence-corrected chi connectivity index (χ0v) is 14.0. The smallest absolute Gasteiger partial charge is 0.220 e. The van der Waals surface area contributed by atoms with Gasteiger partial charge in [-0.25, -0.2) is 9.97 Å². The Balaban J connectivity index is 1.81. The molecule has 124 valence electrons. The van der Waals surface area contributed by atoms with Gasteiger partial charge in [-0.05, 0) is 41.5 Å². The minimum Gasteiger partial charge on any atom is -0.454 e. The maximum atomic E-state index is 14.0. The van der Waals surface area contributed by atoms with E-state index in [4.69, 9.17) is 4.74 Å². The Morgan fingerprint density at radius 1 is 1.00 bits per heavy atom. The Kier molecular flexibility index (Phi) is 3.50. The third-order valence-corrected chi connectivity index (χ3v) is 4.23. The van der Waals surface area contributed by atoms with Crippen LogP contribution in [0.2, 0.25) is 0 Å². The number of nitrogens with zero attached hydrogens (tertiary/aromatic N) is 3. The summed E-state index contributed by atoms with van der Waals surface area (Å²) >= 11 is 0. The molecule has 0 bridgehead atoms. The van der Waals surface area contributed by atoms with E-state index in [1.165, 1.54) is 6.20 Å². The maximum Gasteiger partial charge on any atom is 0.220 e. The largest absolute Gasteiger partial charge is 0.454 e. The summed E-state index contributed by atoms with van der Waals surface area (Å²) in [6.45, 7) is 4.22. The molecule has 2 aromatic heterocycles. The van der Waals surface area contributed by atoms with Gasteiger partial charge >= 0.3 is 0 Å². The topological polar surface area (TPSA) is 38.3 Å². The monoisotopic (exact) mass is 333 g/mol. The van der Waals surface area contributed by atoms with E-state index < -0.39 is 5.95 Å². The third-order valence-electron chi connectivity index (χ3n) is 4.23. The molecular formula is C20H16FN3O. The highest BCUT2D eigenvalue weighted by Gasteiger charge is 2.23. The predicted octanol–water partition coefficient (Wildman–Crippen LogP) is 4.52. The van der Waals surface area contributed by atoms with Gasteiger partial charge < -0.3 is 9.64 Å². The molecule has 0 N–H and O–H groups in total. The van der Waals surface area contributed by atoms with Crippen molar-refractivity contribution in [2.75, 3.05) is 19.0 Å². The van der Waals surface area contributed by atoms with Gasteiger partial charge in [0.15, 0.2) is 5.75 Å². The number of halogens is 1. The van der Waals surface area contributed by atoms with Gasteiger partial charge in [-0.2, -0.15) is 4.39 Å². The van der Waals surface area contributed by atoms with Crippen molar-refractivity contribution in [1.82, 2.24) is 9.97 Å². The van der Waals surface area contributed by atoms with Crippen LogP contribution < -0.4 is 9.64 Å². The third kappa shape index (κ3) is 2.54. The molecule has 3 aromatic rings. The Morgan fingerprint density at radius 2 is 1.80 bits per heavy atom. The number of fused-ring (bicyclic) bond motifs is 2. The fourth-order valence-electron chi connectivity index (χ4n) is 2.88. The quantitative estimate of drug-likeness (QED) is 0.506. The highest BCUT2D eigenvalue weighted by Crippen LogP contribution is 2.44. The average Bonchev–Trinajstić information content (AvgIpc) is 2.62. The minimum atomic E-state index is -0.496. The van der Waals surface area contributed by atoms with Crippen LogP contribution in [0.5, 0.6) is 11.5 Å². The molecule has 0 fully saturated rings. The van der Waals surface area contributed by atoms with Crippen molar-refractivity contribution in [3.05, 3.63) is 72.4 Å². The van der Waals surface area contributed by atoms with Crippen molar-refractivity contribution >= 4 is 11.4 Å². The maximum absolute atomic E-state index is 14.0.